The van der Waals surface area contributed by atoms with Crippen molar-refractivity contribution in [2.45, 2.75) is 13.8 Å². The lowest BCUT2D eigenvalue weighted by Crippen LogP contribution is -2.17. The van der Waals surface area contributed by atoms with Gasteiger partial charge < -0.3 is 9.47 Å². The quantitative estimate of drug-likeness (QED) is 0.798. The van der Waals surface area contributed by atoms with E-state index in [1.165, 1.54) is 0 Å². The molecule has 1 aromatic rings. The molecule has 0 bridgehead atoms. The molecule has 1 rings (SSSR count). The molecule has 0 fully saturated rings. The summed E-state index contributed by atoms with van der Waals surface area (Å²) in [7, 11) is 1.56. The van der Waals surface area contributed by atoms with E-state index in [1.54, 1.807) is 7.11 Å². The van der Waals surface area contributed by atoms with E-state index >= 15 is 0 Å². The van der Waals surface area contributed by atoms with Gasteiger partial charge in [-0.3, -0.25) is 5.32 Å². The first-order valence-corrected chi connectivity index (χ1v) is 5.14. The first-order valence-electron chi connectivity index (χ1n) is 5.14. The van der Waals surface area contributed by atoms with Gasteiger partial charge in [-0.25, -0.2) is 4.79 Å². The Morgan fingerprint density at radius 1 is 1.31 bits per heavy atom. The van der Waals surface area contributed by atoms with Crippen molar-refractivity contribution in [3.05, 3.63) is 29.3 Å². The van der Waals surface area contributed by atoms with Gasteiger partial charge in [0.05, 0.1) is 6.61 Å². The van der Waals surface area contributed by atoms with Crippen LogP contribution in [0.5, 0.6) is 0 Å². The van der Waals surface area contributed by atoms with Gasteiger partial charge in [0.2, 0.25) is 0 Å². The van der Waals surface area contributed by atoms with Crippen molar-refractivity contribution in [1.29, 1.82) is 0 Å². The topological polar surface area (TPSA) is 47.6 Å². The van der Waals surface area contributed by atoms with Gasteiger partial charge in [0.1, 0.15) is 6.61 Å². The molecule has 1 aromatic carbocycles. The van der Waals surface area contributed by atoms with Crippen molar-refractivity contribution in [2.75, 3.05) is 25.6 Å². The monoisotopic (exact) mass is 223 g/mol. The summed E-state index contributed by atoms with van der Waals surface area (Å²) in [5, 5.41) is 2.69. The Kier molecular flexibility index (Phi) is 4.79. The molecule has 0 atom stereocenters. The smallest absolute Gasteiger partial charge is 0.411 e. The van der Waals surface area contributed by atoms with Gasteiger partial charge in [0, 0.05) is 12.8 Å². The maximum absolute atomic E-state index is 11.4. The third-order valence-electron chi connectivity index (χ3n) is 2.36. The van der Waals surface area contributed by atoms with E-state index in [2.05, 4.69) is 5.32 Å². The predicted octanol–water partition coefficient (Wildman–Crippen LogP) is 2.50. The molecule has 0 aliphatic rings. The second-order valence-electron chi connectivity index (χ2n) is 3.50. The number of carbonyl (C=O) groups excluding carboxylic acids is 1. The van der Waals surface area contributed by atoms with Crippen molar-refractivity contribution in [3.8, 4) is 0 Å². The first-order chi connectivity index (χ1) is 7.65. The predicted molar refractivity (Wildman–Crippen MR) is 62.8 cm³/mol. The number of amides is 1. The second-order valence-corrected chi connectivity index (χ2v) is 3.50. The molecule has 16 heavy (non-hydrogen) atoms. The number of hydrogen-bond acceptors (Lipinski definition) is 3. The number of rotatable bonds is 4. The summed E-state index contributed by atoms with van der Waals surface area (Å²) in [5.74, 6) is 0. The van der Waals surface area contributed by atoms with Crippen LogP contribution in [-0.2, 0) is 9.47 Å². The van der Waals surface area contributed by atoms with Crippen LogP contribution in [0.4, 0.5) is 10.5 Å². The van der Waals surface area contributed by atoms with E-state index in [-0.39, 0.29) is 6.61 Å². The Balaban J connectivity index is 2.53. The van der Waals surface area contributed by atoms with Crippen molar-refractivity contribution in [3.63, 3.8) is 0 Å². The lowest BCUT2D eigenvalue weighted by molar-refractivity contribution is 0.107. The second kappa shape index (κ2) is 6.12. The molecule has 4 heteroatoms. The Hall–Kier alpha value is -1.55. The highest BCUT2D eigenvalue weighted by Crippen LogP contribution is 2.17. The van der Waals surface area contributed by atoms with Gasteiger partial charge in [0.25, 0.3) is 0 Å². The van der Waals surface area contributed by atoms with Crippen molar-refractivity contribution in [2.24, 2.45) is 0 Å². The molecule has 4 nitrogen and oxygen atoms in total. The summed E-state index contributed by atoms with van der Waals surface area (Å²) in [6.07, 6.45) is -0.453. The normalized spacial score (nSPS) is 9.94. The molecule has 0 aromatic heterocycles. The molecule has 0 spiro atoms. The van der Waals surface area contributed by atoms with Gasteiger partial charge >= 0.3 is 6.09 Å². The average Bonchev–Trinajstić information content (AvgIpc) is 2.25. The molecule has 88 valence electrons. The highest BCUT2D eigenvalue weighted by Gasteiger charge is 2.05. The molecule has 0 aliphatic heterocycles. The zero-order chi connectivity index (χ0) is 12.0. The summed E-state index contributed by atoms with van der Waals surface area (Å²) in [4.78, 5) is 11.4. The fraction of sp³-hybridized carbons (Fsp3) is 0.417. The Morgan fingerprint density at radius 3 is 2.75 bits per heavy atom. The molecule has 1 N–H and O–H groups in total. The lowest BCUT2D eigenvalue weighted by atomic mass is 10.1. The summed E-state index contributed by atoms with van der Waals surface area (Å²) in [6.45, 7) is 4.62. The highest BCUT2D eigenvalue weighted by atomic mass is 16.6. The van der Waals surface area contributed by atoms with Crippen molar-refractivity contribution >= 4 is 11.8 Å². The zero-order valence-corrected chi connectivity index (χ0v) is 9.87. The molecule has 0 saturated carbocycles. The number of hydrogen-bond donors (Lipinski definition) is 1. The first kappa shape index (κ1) is 12.5. The van der Waals surface area contributed by atoms with Crippen molar-refractivity contribution < 1.29 is 14.3 Å². The van der Waals surface area contributed by atoms with Crippen LogP contribution in [0.1, 0.15) is 11.1 Å². The number of benzene rings is 1. The van der Waals surface area contributed by atoms with Crippen LogP contribution in [0.25, 0.3) is 0 Å². The summed E-state index contributed by atoms with van der Waals surface area (Å²) >= 11 is 0. The molecule has 0 radical (unpaired) electrons. The van der Waals surface area contributed by atoms with E-state index in [9.17, 15) is 4.79 Å². The van der Waals surface area contributed by atoms with Gasteiger partial charge in [-0.1, -0.05) is 12.1 Å². The fourth-order valence-corrected chi connectivity index (χ4v) is 1.25. The fourth-order valence-electron chi connectivity index (χ4n) is 1.25. The average molecular weight is 223 g/mol. The van der Waals surface area contributed by atoms with Crippen LogP contribution in [0.15, 0.2) is 18.2 Å². The maximum atomic E-state index is 11.4. The Bertz CT molecular complexity index is 363. The maximum Gasteiger partial charge on any atom is 0.411 e. The number of anilines is 1. The van der Waals surface area contributed by atoms with Crippen LogP contribution in [0.2, 0.25) is 0 Å². The van der Waals surface area contributed by atoms with Gasteiger partial charge in [-0.2, -0.15) is 0 Å². The van der Waals surface area contributed by atoms with Crippen LogP contribution in [-0.4, -0.2) is 26.4 Å². The minimum absolute atomic E-state index is 0.257. The molecule has 0 heterocycles. The molecular formula is C12H17NO3. The third kappa shape index (κ3) is 3.55. The molecule has 0 saturated heterocycles. The van der Waals surface area contributed by atoms with Gasteiger partial charge in [-0.05, 0) is 31.0 Å². The van der Waals surface area contributed by atoms with E-state index < -0.39 is 6.09 Å². The number of aryl methyl sites for hydroxylation is 1. The van der Waals surface area contributed by atoms with Gasteiger partial charge in [0.15, 0.2) is 0 Å². The highest BCUT2D eigenvalue weighted by molar-refractivity contribution is 5.85. The zero-order valence-electron chi connectivity index (χ0n) is 9.87. The van der Waals surface area contributed by atoms with E-state index in [0.29, 0.717) is 6.61 Å². The summed E-state index contributed by atoms with van der Waals surface area (Å²) in [5.41, 5.74) is 2.96. The summed E-state index contributed by atoms with van der Waals surface area (Å²) in [6, 6.07) is 5.74. The molecule has 0 aliphatic carbocycles. The number of nitrogens with one attached hydrogen (secondary N) is 1. The van der Waals surface area contributed by atoms with Crippen molar-refractivity contribution in [1.82, 2.24) is 0 Å². The van der Waals surface area contributed by atoms with Crippen LogP contribution < -0.4 is 5.32 Å². The Labute approximate surface area is 95.6 Å². The number of carbonyl (C=O) groups is 1. The van der Waals surface area contributed by atoms with E-state index in [4.69, 9.17) is 9.47 Å². The van der Waals surface area contributed by atoms with Gasteiger partial charge in [-0.15, -0.1) is 0 Å². The number of methoxy groups -OCH3 is 1. The van der Waals surface area contributed by atoms with E-state index in [0.717, 1.165) is 16.8 Å². The van der Waals surface area contributed by atoms with Crippen LogP contribution in [0.3, 0.4) is 0 Å². The Morgan fingerprint density at radius 2 is 2.06 bits per heavy atom. The molecule has 1 amide bonds. The lowest BCUT2D eigenvalue weighted by Gasteiger charge is -2.10. The van der Waals surface area contributed by atoms with Crippen LogP contribution in [0, 0.1) is 13.8 Å². The minimum Gasteiger partial charge on any atom is -0.447 e. The third-order valence-corrected chi connectivity index (χ3v) is 2.36. The largest absolute Gasteiger partial charge is 0.447 e. The van der Waals surface area contributed by atoms with Crippen LogP contribution >= 0.6 is 0 Å². The molecule has 0 unspecified atom stereocenters. The van der Waals surface area contributed by atoms with E-state index in [1.807, 2.05) is 32.0 Å². The summed E-state index contributed by atoms with van der Waals surface area (Å²) < 4.78 is 9.69. The number of ether oxygens (including phenoxy) is 2. The standard InChI is InChI=1S/C12H17NO3/c1-9-5-4-6-11(10(9)2)13-12(14)16-8-7-15-3/h4-6H,7-8H2,1-3H3,(H,13,14). The molecular weight excluding hydrogens is 206 g/mol. The minimum atomic E-state index is -0.453. The SMILES string of the molecule is COCCOC(=O)Nc1cccc(C)c1C.